The number of carboxylic acids is 1. The van der Waals surface area contributed by atoms with Gasteiger partial charge < -0.3 is 10.1 Å². The first kappa shape index (κ1) is 14.4. The number of carboxylic acid groups (broad SMARTS) is 1. The Bertz CT molecular complexity index is 682. The van der Waals surface area contributed by atoms with Crippen molar-refractivity contribution < 1.29 is 9.90 Å². The van der Waals surface area contributed by atoms with Gasteiger partial charge in [-0.2, -0.15) is 0 Å². The number of carbonyl (C=O) groups is 1. The molecule has 1 atom stereocenters. The van der Waals surface area contributed by atoms with E-state index >= 15 is 0 Å². The topological polar surface area (TPSA) is 56.3 Å². The van der Waals surface area contributed by atoms with Crippen molar-refractivity contribution in [3.63, 3.8) is 0 Å². The van der Waals surface area contributed by atoms with Crippen molar-refractivity contribution in [1.82, 2.24) is 9.88 Å². The van der Waals surface area contributed by atoms with Crippen molar-refractivity contribution in [2.24, 2.45) is 5.41 Å². The summed E-state index contributed by atoms with van der Waals surface area (Å²) in [4.78, 5) is 16.9. The molecule has 0 aliphatic carbocycles. The van der Waals surface area contributed by atoms with E-state index in [2.05, 4.69) is 9.88 Å². The van der Waals surface area contributed by atoms with E-state index in [1.807, 2.05) is 31.3 Å². The van der Waals surface area contributed by atoms with Crippen LogP contribution in [0.3, 0.4) is 0 Å². The lowest BCUT2D eigenvalue weighted by Crippen LogP contribution is -2.45. The number of hydrogen-bond acceptors (Lipinski definition) is 2. The van der Waals surface area contributed by atoms with Gasteiger partial charge in [-0.3, -0.25) is 9.69 Å². The van der Waals surface area contributed by atoms with Gasteiger partial charge in [0.15, 0.2) is 0 Å². The third-order valence-electron chi connectivity index (χ3n) is 4.42. The normalized spacial score (nSPS) is 23.5. The van der Waals surface area contributed by atoms with Gasteiger partial charge in [0.25, 0.3) is 0 Å². The van der Waals surface area contributed by atoms with Gasteiger partial charge in [0.1, 0.15) is 0 Å². The Morgan fingerprint density at radius 2 is 2.33 bits per heavy atom. The van der Waals surface area contributed by atoms with Crippen LogP contribution in [-0.2, 0) is 11.3 Å². The molecule has 1 aliphatic rings. The molecule has 4 nitrogen and oxygen atoms in total. The number of likely N-dealkylation sites (tertiary alicyclic amines) is 1. The highest BCUT2D eigenvalue weighted by atomic mass is 35.5. The third kappa shape index (κ3) is 2.78. The van der Waals surface area contributed by atoms with Crippen molar-refractivity contribution in [3.05, 3.63) is 35.0 Å². The maximum atomic E-state index is 11.4. The van der Waals surface area contributed by atoms with Gasteiger partial charge in [-0.1, -0.05) is 17.7 Å². The number of rotatable bonds is 3. The van der Waals surface area contributed by atoms with Crippen LogP contribution in [0.25, 0.3) is 10.9 Å². The molecule has 3 rings (SSSR count). The molecule has 0 amide bonds. The molecule has 112 valence electrons. The lowest BCUT2D eigenvalue weighted by molar-refractivity contribution is -0.151. The van der Waals surface area contributed by atoms with Crippen LogP contribution in [0, 0.1) is 5.41 Å². The van der Waals surface area contributed by atoms with Crippen LogP contribution >= 0.6 is 11.6 Å². The van der Waals surface area contributed by atoms with E-state index in [0.717, 1.165) is 36.8 Å². The highest BCUT2D eigenvalue weighted by molar-refractivity contribution is 6.31. The maximum Gasteiger partial charge on any atom is 0.310 e. The minimum Gasteiger partial charge on any atom is -0.481 e. The highest BCUT2D eigenvalue weighted by Gasteiger charge is 2.37. The van der Waals surface area contributed by atoms with E-state index in [4.69, 9.17) is 11.6 Å². The van der Waals surface area contributed by atoms with Crippen molar-refractivity contribution in [2.75, 3.05) is 13.1 Å². The fourth-order valence-corrected chi connectivity index (χ4v) is 3.36. The zero-order chi connectivity index (χ0) is 15.0. The number of aromatic nitrogens is 1. The summed E-state index contributed by atoms with van der Waals surface area (Å²) >= 11 is 6.00. The van der Waals surface area contributed by atoms with Crippen LogP contribution in [0.5, 0.6) is 0 Å². The zero-order valence-electron chi connectivity index (χ0n) is 12.0. The molecule has 0 saturated carbocycles. The second-order valence-electron chi connectivity index (χ2n) is 6.18. The number of aromatic amines is 1. The van der Waals surface area contributed by atoms with E-state index in [-0.39, 0.29) is 0 Å². The summed E-state index contributed by atoms with van der Waals surface area (Å²) in [6.45, 7) is 4.16. The Hall–Kier alpha value is -1.52. The third-order valence-corrected chi connectivity index (χ3v) is 4.65. The smallest absolute Gasteiger partial charge is 0.310 e. The first-order valence-corrected chi connectivity index (χ1v) is 7.57. The number of benzene rings is 1. The standard InChI is InChI=1S/C16H19ClN2O2/c1-16(15(20)21)5-2-6-19(10-16)9-11-8-18-14-7-12(17)3-4-13(11)14/h3-4,7-8,18H,2,5-6,9-10H2,1H3,(H,20,21). The van der Waals surface area contributed by atoms with Crippen LogP contribution in [0.2, 0.25) is 5.02 Å². The lowest BCUT2D eigenvalue weighted by atomic mass is 9.82. The van der Waals surface area contributed by atoms with Gasteiger partial charge >= 0.3 is 5.97 Å². The molecule has 1 aliphatic heterocycles. The summed E-state index contributed by atoms with van der Waals surface area (Å²) < 4.78 is 0. The highest BCUT2D eigenvalue weighted by Crippen LogP contribution is 2.31. The van der Waals surface area contributed by atoms with E-state index in [1.165, 1.54) is 5.56 Å². The van der Waals surface area contributed by atoms with Crippen LogP contribution in [-0.4, -0.2) is 34.0 Å². The second kappa shape index (κ2) is 5.35. The predicted molar refractivity (Wildman–Crippen MR) is 83.6 cm³/mol. The summed E-state index contributed by atoms with van der Waals surface area (Å²) in [6, 6.07) is 5.82. The SMILES string of the molecule is CC1(C(=O)O)CCCN(Cc2c[nH]c3cc(Cl)ccc23)C1. The molecular formula is C16H19ClN2O2. The Kier molecular flexibility index (Phi) is 3.68. The van der Waals surface area contributed by atoms with Crippen LogP contribution in [0.1, 0.15) is 25.3 Å². The Morgan fingerprint density at radius 1 is 1.52 bits per heavy atom. The monoisotopic (exact) mass is 306 g/mol. The Labute approximate surface area is 128 Å². The van der Waals surface area contributed by atoms with Crippen LogP contribution < -0.4 is 0 Å². The average Bonchev–Trinajstić information content (AvgIpc) is 2.81. The largest absolute Gasteiger partial charge is 0.481 e. The number of nitrogens with one attached hydrogen (secondary N) is 1. The molecule has 21 heavy (non-hydrogen) atoms. The lowest BCUT2D eigenvalue weighted by Gasteiger charge is -2.37. The predicted octanol–water partition coefficient (Wildman–Crippen LogP) is 3.51. The van der Waals surface area contributed by atoms with E-state index in [1.54, 1.807) is 0 Å². The van der Waals surface area contributed by atoms with Crippen LogP contribution in [0.4, 0.5) is 0 Å². The summed E-state index contributed by atoms with van der Waals surface area (Å²) in [5.41, 5.74) is 1.58. The van der Waals surface area contributed by atoms with Gasteiger partial charge in [-0.25, -0.2) is 0 Å². The molecule has 2 N–H and O–H groups in total. The molecule has 1 fully saturated rings. The van der Waals surface area contributed by atoms with Gasteiger partial charge in [0.2, 0.25) is 0 Å². The Balaban J connectivity index is 1.80. The van der Waals surface area contributed by atoms with Crippen molar-refractivity contribution >= 4 is 28.5 Å². The van der Waals surface area contributed by atoms with Crippen LogP contribution in [0.15, 0.2) is 24.4 Å². The minimum atomic E-state index is -0.696. The second-order valence-corrected chi connectivity index (χ2v) is 6.62. The number of piperidine rings is 1. The van der Waals surface area contributed by atoms with Crippen molar-refractivity contribution in [2.45, 2.75) is 26.3 Å². The fraction of sp³-hybridized carbons (Fsp3) is 0.438. The summed E-state index contributed by atoms with van der Waals surface area (Å²) in [6.07, 6.45) is 3.67. The first-order valence-electron chi connectivity index (χ1n) is 7.19. The van der Waals surface area contributed by atoms with Gasteiger partial charge in [-0.05, 0) is 44.0 Å². The molecule has 2 heterocycles. The number of halogens is 1. The average molecular weight is 307 g/mol. The molecule has 0 bridgehead atoms. The molecule has 5 heteroatoms. The zero-order valence-corrected chi connectivity index (χ0v) is 12.8. The maximum absolute atomic E-state index is 11.4. The molecule has 1 saturated heterocycles. The first-order chi connectivity index (χ1) is 9.98. The number of fused-ring (bicyclic) bond motifs is 1. The molecular weight excluding hydrogens is 288 g/mol. The summed E-state index contributed by atoms with van der Waals surface area (Å²) in [5.74, 6) is -0.696. The van der Waals surface area contributed by atoms with E-state index in [9.17, 15) is 9.90 Å². The Morgan fingerprint density at radius 3 is 3.10 bits per heavy atom. The fourth-order valence-electron chi connectivity index (χ4n) is 3.18. The molecule has 2 aromatic rings. The quantitative estimate of drug-likeness (QED) is 0.912. The van der Waals surface area contributed by atoms with Gasteiger partial charge in [-0.15, -0.1) is 0 Å². The molecule has 0 spiro atoms. The molecule has 1 aromatic carbocycles. The van der Waals surface area contributed by atoms with Gasteiger partial charge in [0, 0.05) is 35.2 Å². The van der Waals surface area contributed by atoms with Gasteiger partial charge in [0.05, 0.1) is 5.41 Å². The number of hydrogen-bond donors (Lipinski definition) is 2. The van der Waals surface area contributed by atoms with E-state index < -0.39 is 11.4 Å². The van der Waals surface area contributed by atoms with Crippen molar-refractivity contribution in [3.8, 4) is 0 Å². The minimum absolute atomic E-state index is 0.600. The summed E-state index contributed by atoms with van der Waals surface area (Å²) in [7, 11) is 0. The summed E-state index contributed by atoms with van der Waals surface area (Å²) in [5, 5.41) is 11.3. The van der Waals surface area contributed by atoms with E-state index in [0.29, 0.717) is 11.6 Å². The van der Waals surface area contributed by atoms with Crippen molar-refractivity contribution in [1.29, 1.82) is 0 Å². The molecule has 1 aromatic heterocycles. The molecule has 1 unspecified atom stereocenters. The number of H-pyrrole nitrogens is 1. The number of nitrogens with zero attached hydrogens (tertiary/aromatic N) is 1. The molecule has 0 radical (unpaired) electrons. The number of aliphatic carboxylic acids is 1.